The second-order valence-electron chi connectivity index (χ2n) is 7.86. The summed E-state index contributed by atoms with van der Waals surface area (Å²) < 4.78 is 0. The first-order valence-corrected chi connectivity index (χ1v) is 10.5. The van der Waals surface area contributed by atoms with Crippen molar-refractivity contribution in [3.8, 4) is 6.07 Å². The number of carbonyl (C=O) groups excluding carboxylic acids is 2. The van der Waals surface area contributed by atoms with E-state index in [4.69, 9.17) is 11.6 Å². The molecular formula is C23H26ClN5O2. The van der Waals surface area contributed by atoms with Gasteiger partial charge in [-0.3, -0.25) is 9.59 Å². The molecule has 0 aromatic heterocycles. The summed E-state index contributed by atoms with van der Waals surface area (Å²) >= 11 is 5.93. The number of nitriles is 1. The van der Waals surface area contributed by atoms with Gasteiger partial charge >= 0.3 is 11.8 Å². The minimum Gasteiger partial charge on any atom is -0.374 e. The van der Waals surface area contributed by atoms with Gasteiger partial charge in [-0.05, 0) is 62.3 Å². The van der Waals surface area contributed by atoms with Crippen molar-refractivity contribution in [3.63, 3.8) is 0 Å². The molecule has 31 heavy (non-hydrogen) atoms. The van der Waals surface area contributed by atoms with Crippen LogP contribution < -0.4 is 15.5 Å². The molecule has 0 fully saturated rings. The van der Waals surface area contributed by atoms with Crippen molar-refractivity contribution in [1.82, 2.24) is 10.2 Å². The fourth-order valence-electron chi connectivity index (χ4n) is 3.78. The highest BCUT2D eigenvalue weighted by Gasteiger charge is 2.22. The molecule has 0 saturated heterocycles. The van der Waals surface area contributed by atoms with Gasteiger partial charge in [-0.2, -0.15) is 5.26 Å². The van der Waals surface area contributed by atoms with E-state index in [1.165, 1.54) is 23.4 Å². The SMILES string of the molecule is CN1CCCc2cc([C@H](CNC(=O)C(=O)Nc3cc(Cl)ccc3C#N)N(C)C)ccc21. The number of hydrogen-bond acceptors (Lipinski definition) is 5. The topological polar surface area (TPSA) is 88.5 Å². The molecule has 1 atom stereocenters. The molecule has 0 spiro atoms. The molecule has 1 heterocycles. The van der Waals surface area contributed by atoms with E-state index >= 15 is 0 Å². The number of halogens is 1. The zero-order valence-corrected chi connectivity index (χ0v) is 18.7. The first-order chi connectivity index (χ1) is 14.8. The quantitative estimate of drug-likeness (QED) is 0.699. The molecule has 7 nitrogen and oxygen atoms in total. The van der Waals surface area contributed by atoms with Gasteiger partial charge in [0, 0.05) is 30.8 Å². The second kappa shape index (κ2) is 9.82. The Morgan fingerprint density at radius 3 is 2.71 bits per heavy atom. The molecule has 3 rings (SSSR count). The summed E-state index contributed by atoms with van der Waals surface area (Å²) in [6.45, 7) is 1.32. The van der Waals surface area contributed by atoms with Gasteiger partial charge in [0.1, 0.15) is 6.07 Å². The van der Waals surface area contributed by atoms with Crippen molar-refractivity contribution in [3.05, 3.63) is 58.1 Å². The Morgan fingerprint density at radius 2 is 2.00 bits per heavy atom. The summed E-state index contributed by atoms with van der Waals surface area (Å²) in [5.41, 5.74) is 4.06. The summed E-state index contributed by atoms with van der Waals surface area (Å²) in [5, 5.41) is 14.7. The Bertz CT molecular complexity index is 1030. The van der Waals surface area contributed by atoms with E-state index in [0.29, 0.717) is 5.02 Å². The number of anilines is 2. The average Bonchev–Trinajstić information content (AvgIpc) is 2.73. The molecular weight excluding hydrogens is 414 g/mol. The standard InChI is InChI=1S/C23H26ClN5O2/c1-28(2)21(16-7-9-20-15(11-16)5-4-10-29(20)3)14-26-22(30)23(31)27-19-12-18(24)8-6-17(19)13-25/h6-9,11-12,21H,4-5,10,14H2,1-3H3,(H,26,30)(H,27,31)/t21-/m0/s1. The lowest BCUT2D eigenvalue weighted by atomic mass is 9.96. The van der Waals surface area contributed by atoms with E-state index in [2.05, 4.69) is 40.8 Å². The van der Waals surface area contributed by atoms with Crippen LogP contribution >= 0.6 is 11.6 Å². The number of amides is 2. The maximum atomic E-state index is 12.4. The van der Waals surface area contributed by atoms with Crippen LogP contribution in [0.25, 0.3) is 0 Å². The summed E-state index contributed by atoms with van der Waals surface area (Å²) in [6.07, 6.45) is 2.15. The third-order valence-electron chi connectivity index (χ3n) is 5.48. The van der Waals surface area contributed by atoms with E-state index in [1.54, 1.807) is 6.07 Å². The number of carbonyl (C=O) groups is 2. The number of nitrogens with zero attached hydrogens (tertiary/aromatic N) is 3. The number of fused-ring (bicyclic) bond motifs is 1. The lowest BCUT2D eigenvalue weighted by Gasteiger charge is -2.30. The summed E-state index contributed by atoms with van der Waals surface area (Å²) in [5.74, 6) is -1.61. The van der Waals surface area contributed by atoms with Gasteiger partial charge in [-0.25, -0.2) is 0 Å². The van der Waals surface area contributed by atoms with Crippen LogP contribution in [0.4, 0.5) is 11.4 Å². The molecule has 1 aliphatic rings. The Balaban J connectivity index is 1.68. The Labute approximate surface area is 187 Å². The molecule has 2 N–H and O–H groups in total. The molecule has 0 aliphatic carbocycles. The maximum Gasteiger partial charge on any atom is 0.313 e. The van der Waals surface area contributed by atoms with Gasteiger partial charge in [-0.15, -0.1) is 0 Å². The van der Waals surface area contributed by atoms with E-state index in [-0.39, 0.29) is 23.8 Å². The number of rotatable bonds is 5. The highest BCUT2D eigenvalue weighted by Crippen LogP contribution is 2.30. The van der Waals surface area contributed by atoms with Gasteiger partial charge in [-0.1, -0.05) is 23.7 Å². The smallest absolute Gasteiger partial charge is 0.313 e. The third kappa shape index (κ3) is 5.35. The van der Waals surface area contributed by atoms with Crippen molar-refractivity contribution < 1.29 is 9.59 Å². The fourth-order valence-corrected chi connectivity index (χ4v) is 3.95. The fraction of sp³-hybridized carbons (Fsp3) is 0.348. The number of hydrogen-bond donors (Lipinski definition) is 2. The van der Waals surface area contributed by atoms with Gasteiger partial charge in [0.05, 0.1) is 17.3 Å². The zero-order valence-electron chi connectivity index (χ0n) is 17.9. The molecule has 0 bridgehead atoms. The van der Waals surface area contributed by atoms with Crippen molar-refractivity contribution >= 4 is 34.8 Å². The first-order valence-electron chi connectivity index (χ1n) is 10.1. The zero-order chi connectivity index (χ0) is 22.5. The average molecular weight is 440 g/mol. The molecule has 8 heteroatoms. The highest BCUT2D eigenvalue weighted by atomic mass is 35.5. The molecule has 2 aromatic rings. The van der Waals surface area contributed by atoms with Crippen molar-refractivity contribution in [2.24, 2.45) is 0 Å². The predicted molar refractivity (Wildman–Crippen MR) is 122 cm³/mol. The highest BCUT2D eigenvalue weighted by molar-refractivity contribution is 6.40. The van der Waals surface area contributed by atoms with Crippen LogP contribution in [0.5, 0.6) is 0 Å². The minimum atomic E-state index is -0.844. The monoisotopic (exact) mass is 439 g/mol. The molecule has 0 saturated carbocycles. The summed E-state index contributed by atoms with van der Waals surface area (Å²) in [4.78, 5) is 29.0. The molecule has 2 aromatic carbocycles. The van der Waals surface area contributed by atoms with Gasteiger partial charge in [0.25, 0.3) is 0 Å². The minimum absolute atomic E-state index is 0.0879. The normalized spacial score (nSPS) is 13.9. The summed E-state index contributed by atoms with van der Waals surface area (Å²) in [6, 6.07) is 12.7. The largest absolute Gasteiger partial charge is 0.374 e. The van der Waals surface area contributed by atoms with Gasteiger partial charge < -0.3 is 20.4 Å². The van der Waals surface area contributed by atoms with Crippen molar-refractivity contribution in [1.29, 1.82) is 5.26 Å². The lowest BCUT2D eigenvalue weighted by Crippen LogP contribution is -2.40. The third-order valence-corrected chi connectivity index (χ3v) is 5.71. The Hall–Kier alpha value is -3.08. The number of benzene rings is 2. The van der Waals surface area contributed by atoms with Crippen LogP contribution in [0.15, 0.2) is 36.4 Å². The van der Waals surface area contributed by atoms with Crippen molar-refractivity contribution in [2.75, 3.05) is 44.4 Å². The van der Waals surface area contributed by atoms with Crippen LogP contribution in [0.2, 0.25) is 5.02 Å². The van der Waals surface area contributed by atoms with E-state index in [0.717, 1.165) is 24.9 Å². The second-order valence-corrected chi connectivity index (χ2v) is 8.29. The van der Waals surface area contributed by atoms with E-state index in [1.807, 2.05) is 25.1 Å². The van der Waals surface area contributed by atoms with E-state index < -0.39 is 11.8 Å². The predicted octanol–water partition coefficient (Wildman–Crippen LogP) is 2.95. The molecule has 2 amide bonds. The molecule has 162 valence electrons. The number of nitrogens with one attached hydrogen (secondary N) is 2. The van der Waals surface area contributed by atoms with Crippen LogP contribution in [-0.2, 0) is 16.0 Å². The van der Waals surface area contributed by atoms with Crippen LogP contribution in [0, 0.1) is 11.3 Å². The summed E-state index contributed by atoms with van der Waals surface area (Å²) in [7, 11) is 5.97. The number of aryl methyl sites for hydroxylation is 1. The van der Waals surface area contributed by atoms with Crippen molar-refractivity contribution in [2.45, 2.75) is 18.9 Å². The Morgan fingerprint density at radius 1 is 1.23 bits per heavy atom. The molecule has 0 radical (unpaired) electrons. The van der Waals surface area contributed by atoms with Crippen LogP contribution in [0.3, 0.4) is 0 Å². The molecule has 0 unspecified atom stereocenters. The first kappa shape index (κ1) is 22.6. The van der Waals surface area contributed by atoms with Gasteiger partial charge in [0.2, 0.25) is 0 Å². The van der Waals surface area contributed by atoms with Gasteiger partial charge in [0.15, 0.2) is 0 Å². The van der Waals surface area contributed by atoms with Crippen LogP contribution in [-0.4, -0.2) is 50.9 Å². The molecule has 1 aliphatic heterocycles. The Kier molecular flexibility index (Phi) is 7.16. The number of likely N-dealkylation sites (N-methyl/N-ethyl adjacent to an activating group) is 1. The lowest BCUT2D eigenvalue weighted by molar-refractivity contribution is -0.136. The maximum absolute atomic E-state index is 12.4. The van der Waals surface area contributed by atoms with Crippen LogP contribution in [0.1, 0.15) is 29.2 Å². The van der Waals surface area contributed by atoms with E-state index in [9.17, 15) is 14.9 Å².